The summed E-state index contributed by atoms with van der Waals surface area (Å²) in [7, 11) is 0. The van der Waals surface area contributed by atoms with Gasteiger partial charge in [-0.15, -0.1) is 0 Å². The summed E-state index contributed by atoms with van der Waals surface area (Å²) in [6, 6.07) is 5.66. The van der Waals surface area contributed by atoms with Crippen LogP contribution in [0.1, 0.15) is 18.1 Å². The second kappa shape index (κ2) is 4.84. The average Bonchev–Trinajstić information content (AvgIpc) is 2.41. The largest absolute Gasteiger partial charge is 0.314 e. The van der Waals surface area contributed by atoms with Gasteiger partial charge in [-0.2, -0.15) is 5.26 Å². The Hall–Kier alpha value is -2.41. The van der Waals surface area contributed by atoms with Crippen LogP contribution in [0, 0.1) is 18.3 Å². The van der Waals surface area contributed by atoms with Crippen molar-refractivity contribution < 1.29 is 0 Å². The number of nitrogens with zero attached hydrogens (tertiary/aromatic N) is 3. The Balaban J connectivity index is 2.81. The van der Waals surface area contributed by atoms with Crippen molar-refractivity contribution in [3.05, 3.63) is 52.2 Å². The standard InChI is InChI=1S/C14H13N3O/c1-3-17-9-10(2)13(12(7-15)14(17)18)11-5-4-6-16-8-11/h4-6,8-9H,3H2,1-2H3. The van der Waals surface area contributed by atoms with E-state index in [1.54, 1.807) is 29.2 Å². The minimum Gasteiger partial charge on any atom is -0.314 e. The number of aromatic nitrogens is 2. The van der Waals surface area contributed by atoms with Gasteiger partial charge in [-0.25, -0.2) is 0 Å². The highest BCUT2D eigenvalue weighted by atomic mass is 16.1. The van der Waals surface area contributed by atoms with Crippen LogP contribution in [0.5, 0.6) is 0 Å². The monoisotopic (exact) mass is 239 g/mol. The van der Waals surface area contributed by atoms with E-state index in [1.807, 2.05) is 26.0 Å². The van der Waals surface area contributed by atoms with E-state index in [-0.39, 0.29) is 11.1 Å². The molecule has 0 atom stereocenters. The van der Waals surface area contributed by atoms with Crippen molar-refractivity contribution in [2.75, 3.05) is 0 Å². The van der Waals surface area contributed by atoms with Gasteiger partial charge in [0.15, 0.2) is 0 Å². The molecule has 2 aromatic heterocycles. The molecule has 0 aromatic carbocycles. The SMILES string of the molecule is CCn1cc(C)c(-c2cccnc2)c(C#N)c1=O. The first-order chi connectivity index (χ1) is 8.69. The fourth-order valence-corrected chi connectivity index (χ4v) is 2.03. The summed E-state index contributed by atoms with van der Waals surface area (Å²) >= 11 is 0. The fraction of sp³-hybridized carbons (Fsp3) is 0.214. The van der Waals surface area contributed by atoms with Crippen molar-refractivity contribution in [3.8, 4) is 17.2 Å². The van der Waals surface area contributed by atoms with E-state index in [2.05, 4.69) is 4.98 Å². The summed E-state index contributed by atoms with van der Waals surface area (Å²) in [6.07, 6.45) is 5.11. The highest BCUT2D eigenvalue weighted by molar-refractivity contribution is 5.72. The van der Waals surface area contributed by atoms with Gasteiger partial charge in [-0.3, -0.25) is 9.78 Å². The summed E-state index contributed by atoms with van der Waals surface area (Å²) in [5.41, 5.74) is 2.32. The first-order valence-corrected chi connectivity index (χ1v) is 5.73. The van der Waals surface area contributed by atoms with Crippen LogP contribution in [0.2, 0.25) is 0 Å². The molecule has 0 aliphatic rings. The molecule has 18 heavy (non-hydrogen) atoms. The van der Waals surface area contributed by atoms with Crippen LogP contribution in [-0.4, -0.2) is 9.55 Å². The quantitative estimate of drug-likeness (QED) is 0.806. The summed E-state index contributed by atoms with van der Waals surface area (Å²) in [5, 5.41) is 9.22. The minimum atomic E-state index is -0.246. The van der Waals surface area contributed by atoms with Crippen molar-refractivity contribution >= 4 is 0 Å². The van der Waals surface area contributed by atoms with Crippen molar-refractivity contribution in [2.24, 2.45) is 0 Å². The van der Waals surface area contributed by atoms with E-state index in [0.717, 1.165) is 11.1 Å². The molecule has 2 heterocycles. The van der Waals surface area contributed by atoms with E-state index in [0.29, 0.717) is 12.1 Å². The summed E-state index contributed by atoms with van der Waals surface area (Å²) in [4.78, 5) is 16.1. The predicted octanol–water partition coefficient (Wildman–Crippen LogP) is 2.11. The molecule has 90 valence electrons. The maximum absolute atomic E-state index is 12.1. The maximum Gasteiger partial charge on any atom is 0.269 e. The lowest BCUT2D eigenvalue weighted by Crippen LogP contribution is -2.23. The van der Waals surface area contributed by atoms with Gasteiger partial charge < -0.3 is 4.57 Å². The van der Waals surface area contributed by atoms with Crippen molar-refractivity contribution in [1.82, 2.24) is 9.55 Å². The van der Waals surface area contributed by atoms with Crippen LogP contribution in [0.15, 0.2) is 35.5 Å². The molecule has 4 nitrogen and oxygen atoms in total. The van der Waals surface area contributed by atoms with Crippen LogP contribution < -0.4 is 5.56 Å². The Labute approximate surface area is 105 Å². The number of rotatable bonds is 2. The summed E-state index contributed by atoms with van der Waals surface area (Å²) in [6.45, 7) is 4.34. The van der Waals surface area contributed by atoms with Crippen molar-refractivity contribution in [1.29, 1.82) is 5.26 Å². The highest BCUT2D eigenvalue weighted by Gasteiger charge is 2.14. The molecule has 0 N–H and O–H groups in total. The third kappa shape index (κ3) is 1.91. The van der Waals surface area contributed by atoms with Gasteiger partial charge in [0.25, 0.3) is 5.56 Å². The first kappa shape index (κ1) is 12.1. The number of aryl methyl sites for hydroxylation is 2. The first-order valence-electron chi connectivity index (χ1n) is 5.73. The van der Waals surface area contributed by atoms with Crippen LogP contribution in [0.25, 0.3) is 11.1 Å². The number of nitriles is 1. The zero-order chi connectivity index (χ0) is 13.1. The summed E-state index contributed by atoms with van der Waals surface area (Å²) in [5.74, 6) is 0. The van der Waals surface area contributed by atoms with Crippen molar-refractivity contribution in [2.45, 2.75) is 20.4 Å². The third-order valence-electron chi connectivity index (χ3n) is 2.87. The lowest BCUT2D eigenvalue weighted by molar-refractivity contribution is 0.721. The second-order valence-electron chi connectivity index (χ2n) is 4.01. The Kier molecular flexibility index (Phi) is 3.24. The maximum atomic E-state index is 12.1. The van der Waals surface area contributed by atoms with Crippen LogP contribution in [-0.2, 0) is 6.54 Å². The fourth-order valence-electron chi connectivity index (χ4n) is 2.03. The summed E-state index contributed by atoms with van der Waals surface area (Å²) < 4.78 is 1.55. The molecule has 0 saturated heterocycles. The van der Waals surface area contributed by atoms with E-state index < -0.39 is 0 Å². The molecule has 0 bridgehead atoms. The van der Waals surface area contributed by atoms with E-state index in [1.165, 1.54) is 0 Å². The van der Waals surface area contributed by atoms with Crippen LogP contribution in [0.4, 0.5) is 0 Å². The lowest BCUT2D eigenvalue weighted by atomic mass is 9.99. The Bertz CT molecular complexity index is 666. The van der Waals surface area contributed by atoms with Crippen molar-refractivity contribution in [3.63, 3.8) is 0 Å². The van der Waals surface area contributed by atoms with Crippen LogP contribution >= 0.6 is 0 Å². The normalized spacial score (nSPS) is 10.1. The Morgan fingerprint density at radius 2 is 2.28 bits per heavy atom. The highest BCUT2D eigenvalue weighted by Crippen LogP contribution is 2.24. The molecule has 4 heteroatoms. The van der Waals surface area contributed by atoms with Gasteiger partial charge in [0, 0.05) is 36.3 Å². The van der Waals surface area contributed by atoms with E-state index in [4.69, 9.17) is 0 Å². The molecular weight excluding hydrogens is 226 g/mol. The van der Waals surface area contributed by atoms with Gasteiger partial charge >= 0.3 is 0 Å². The molecule has 0 unspecified atom stereocenters. The molecule has 0 spiro atoms. The number of hydrogen-bond acceptors (Lipinski definition) is 3. The molecule has 0 fully saturated rings. The van der Waals surface area contributed by atoms with Gasteiger partial charge in [-0.05, 0) is 25.5 Å². The third-order valence-corrected chi connectivity index (χ3v) is 2.87. The molecule has 0 radical (unpaired) electrons. The molecule has 2 aromatic rings. The lowest BCUT2D eigenvalue weighted by Gasteiger charge is -2.11. The topological polar surface area (TPSA) is 58.7 Å². The Morgan fingerprint density at radius 3 is 2.83 bits per heavy atom. The minimum absolute atomic E-state index is 0.185. The molecular formula is C14H13N3O. The Morgan fingerprint density at radius 1 is 1.50 bits per heavy atom. The average molecular weight is 239 g/mol. The molecule has 0 amide bonds. The molecule has 0 aliphatic heterocycles. The van der Waals surface area contributed by atoms with Gasteiger partial charge in [-0.1, -0.05) is 6.07 Å². The number of pyridine rings is 2. The zero-order valence-electron chi connectivity index (χ0n) is 10.3. The van der Waals surface area contributed by atoms with Gasteiger partial charge in [0.2, 0.25) is 0 Å². The number of hydrogen-bond donors (Lipinski definition) is 0. The van der Waals surface area contributed by atoms with E-state index in [9.17, 15) is 10.1 Å². The van der Waals surface area contributed by atoms with Gasteiger partial charge in [0.05, 0.1) is 0 Å². The zero-order valence-corrected chi connectivity index (χ0v) is 10.3. The van der Waals surface area contributed by atoms with E-state index >= 15 is 0 Å². The van der Waals surface area contributed by atoms with Gasteiger partial charge in [0.1, 0.15) is 11.6 Å². The smallest absolute Gasteiger partial charge is 0.269 e. The molecule has 0 aliphatic carbocycles. The predicted molar refractivity (Wildman–Crippen MR) is 69.1 cm³/mol. The molecule has 2 rings (SSSR count). The molecule has 0 saturated carbocycles. The second-order valence-corrected chi connectivity index (χ2v) is 4.01. The van der Waals surface area contributed by atoms with Crippen LogP contribution in [0.3, 0.4) is 0 Å².